The molecule has 144 valence electrons. The van der Waals surface area contributed by atoms with E-state index in [1.807, 2.05) is 6.92 Å². The molecule has 2 aromatic carbocycles. The molecule has 0 aromatic heterocycles. The number of nitrogens with one attached hydrogen (secondary N) is 1. The number of amides is 1. The van der Waals surface area contributed by atoms with Crippen molar-refractivity contribution in [3.8, 4) is 17.2 Å². The fraction of sp³-hybridized carbons (Fsp3) is 0.300. The number of hydrogen-bond acceptors (Lipinski definition) is 6. The number of ether oxygens (including phenoxy) is 4. The monoisotopic (exact) mass is 373 g/mol. The third-order valence-electron chi connectivity index (χ3n) is 3.69. The van der Waals surface area contributed by atoms with E-state index in [-0.39, 0.29) is 5.56 Å². The molecule has 27 heavy (non-hydrogen) atoms. The molecular weight excluding hydrogens is 350 g/mol. The van der Waals surface area contributed by atoms with Crippen LogP contribution in [0, 0.1) is 0 Å². The standard InChI is InChI=1S/C20H23NO6/c1-5-26-18-11-14(9-10-17(18)25-4)20(23)27-13(2)19(22)21-15-7-6-8-16(12-15)24-3/h6-13H,5H2,1-4H3,(H,21,22)/t13-/m0/s1. The number of carbonyl (C=O) groups is 2. The molecule has 0 heterocycles. The minimum Gasteiger partial charge on any atom is -0.497 e. The first-order valence-corrected chi connectivity index (χ1v) is 8.45. The fourth-order valence-electron chi connectivity index (χ4n) is 2.30. The van der Waals surface area contributed by atoms with E-state index in [0.29, 0.717) is 29.5 Å². The van der Waals surface area contributed by atoms with Crippen LogP contribution in [0.15, 0.2) is 42.5 Å². The Labute approximate surface area is 158 Å². The molecule has 0 spiro atoms. The van der Waals surface area contributed by atoms with E-state index in [4.69, 9.17) is 18.9 Å². The number of esters is 1. The van der Waals surface area contributed by atoms with Gasteiger partial charge in [-0.2, -0.15) is 0 Å². The van der Waals surface area contributed by atoms with E-state index in [0.717, 1.165) is 0 Å². The molecule has 0 fully saturated rings. The molecule has 0 unspecified atom stereocenters. The first-order valence-electron chi connectivity index (χ1n) is 8.45. The SMILES string of the molecule is CCOc1cc(C(=O)O[C@@H](C)C(=O)Nc2cccc(OC)c2)ccc1OC. The molecule has 2 rings (SSSR count). The van der Waals surface area contributed by atoms with Gasteiger partial charge in [0.15, 0.2) is 17.6 Å². The predicted molar refractivity (Wildman–Crippen MR) is 101 cm³/mol. The van der Waals surface area contributed by atoms with E-state index >= 15 is 0 Å². The lowest BCUT2D eigenvalue weighted by molar-refractivity contribution is -0.123. The summed E-state index contributed by atoms with van der Waals surface area (Å²) >= 11 is 0. The van der Waals surface area contributed by atoms with E-state index in [1.165, 1.54) is 27.2 Å². The van der Waals surface area contributed by atoms with E-state index in [1.54, 1.807) is 36.4 Å². The summed E-state index contributed by atoms with van der Waals surface area (Å²) in [5.41, 5.74) is 0.811. The Morgan fingerprint density at radius 1 is 1.04 bits per heavy atom. The van der Waals surface area contributed by atoms with Crippen molar-refractivity contribution >= 4 is 17.6 Å². The lowest BCUT2D eigenvalue weighted by Crippen LogP contribution is -2.30. The average molecular weight is 373 g/mol. The molecule has 1 N–H and O–H groups in total. The van der Waals surface area contributed by atoms with E-state index in [9.17, 15) is 9.59 Å². The number of anilines is 1. The third kappa shape index (κ3) is 5.37. The quantitative estimate of drug-likeness (QED) is 0.715. The Morgan fingerprint density at radius 3 is 2.48 bits per heavy atom. The zero-order valence-corrected chi connectivity index (χ0v) is 15.8. The van der Waals surface area contributed by atoms with Crippen LogP contribution in [0.5, 0.6) is 17.2 Å². The summed E-state index contributed by atoms with van der Waals surface area (Å²) < 4.78 is 21.0. The Kier molecular flexibility index (Phi) is 7.05. The van der Waals surface area contributed by atoms with Crippen molar-refractivity contribution < 1.29 is 28.5 Å². The highest BCUT2D eigenvalue weighted by Crippen LogP contribution is 2.28. The lowest BCUT2D eigenvalue weighted by atomic mass is 10.2. The van der Waals surface area contributed by atoms with Gasteiger partial charge in [-0.3, -0.25) is 4.79 Å². The predicted octanol–water partition coefficient (Wildman–Crippen LogP) is 3.29. The molecule has 2 aromatic rings. The lowest BCUT2D eigenvalue weighted by Gasteiger charge is -2.15. The molecule has 1 amide bonds. The first kappa shape index (κ1) is 20.1. The van der Waals surface area contributed by atoms with Crippen LogP contribution in [0.3, 0.4) is 0 Å². The maximum Gasteiger partial charge on any atom is 0.339 e. The van der Waals surface area contributed by atoms with Gasteiger partial charge < -0.3 is 24.3 Å². The minimum atomic E-state index is -0.985. The van der Waals surface area contributed by atoms with E-state index < -0.39 is 18.0 Å². The van der Waals surface area contributed by atoms with Crippen LogP contribution < -0.4 is 19.5 Å². The first-order chi connectivity index (χ1) is 13.0. The second kappa shape index (κ2) is 9.47. The molecule has 1 atom stereocenters. The van der Waals surface area contributed by atoms with Crippen LogP contribution in [0.25, 0.3) is 0 Å². The minimum absolute atomic E-state index is 0.264. The van der Waals surface area contributed by atoms with E-state index in [2.05, 4.69) is 5.32 Å². The van der Waals surface area contributed by atoms with Crippen LogP contribution in [-0.2, 0) is 9.53 Å². The molecular formula is C20H23NO6. The van der Waals surface area contributed by atoms with Crippen LogP contribution in [0.4, 0.5) is 5.69 Å². The summed E-state index contributed by atoms with van der Waals surface area (Å²) in [6.45, 7) is 3.75. The number of carbonyl (C=O) groups excluding carboxylic acids is 2. The summed E-state index contributed by atoms with van der Waals surface area (Å²) in [6, 6.07) is 11.6. The molecule has 0 bridgehead atoms. The van der Waals surface area contributed by atoms with Gasteiger partial charge in [-0.15, -0.1) is 0 Å². The molecule has 0 aliphatic rings. The van der Waals surface area contributed by atoms with Crippen molar-refractivity contribution in [3.63, 3.8) is 0 Å². The third-order valence-corrected chi connectivity index (χ3v) is 3.69. The largest absolute Gasteiger partial charge is 0.497 e. The topological polar surface area (TPSA) is 83.1 Å². The maximum absolute atomic E-state index is 12.3. The van der Waals surface area contributed by atoms with Gasteiger partial charge in [0.05, 0.1) is 26.4 Å². The summed E-state index contributed by atoms with van der Waals surface area (Å²) in [6.07, 6.45) is -0.985. The van der Waals surface area contributed by atoms with Crippen molar-refractivity contribution in [1.82, 2.24) is 0 Å². The van der Waals surface area contributed by atoms with Gasteiger partial charge in [-0.05, 0) is 44.2 Å². The van der Waals surface area contributed by atoms with Crippen LogP contribution in [0.1, 0.15) is 24.2 Å². The summed E-state index contributed by atoms with van der Waals surface area (Å²) in [5, 5.41) is 2.68. The highest BCUT2D eigenvalue weighted by Gasteiger charge is 2.20. The maximum atomic E-state index is 12.3. The second-order valence-corrected chi connectivity index (χ2v) is 5.57. The summed E-state index contributed by atoms with van der Waals surface area (Å²) in [4.78, 5) is 24.6. The van der Waals surface area contributed by atoms with Crippen LogP contribution in [-0.4, -0.2) is 38.8 Å². The Balaban J connectivity index is 2.03. The second-order valence-electron chi connectivity index (χ2n) is 5.57. The highest BCUT2D eigenvalue weighted by atomic mass is 16.5. The Hall–Kier alpha value is -3.22. The van der Waals surface area contributed by atoms with Gasteiger partial charge in [-0.25, -0.2) is 4.79 Å². The van der Waals surface area contributed by atoms with Gasteiger partial charge in [0, 0.05) is 11.8 Å². The molecule has 0 aliphatic carbocycles. The van der Waals surface area contributed by atoms with Crippen molar-refractivity contribution in [2.24, 2.45) is 0 Å². The van der Waals surface area contributed by atoms with Crippen molar-refractivity contribution in [2.75, 3.05) is 26.1 Å². The van der Waals surface area contributed by atoms with Crippen molar-refractivity contribution in [2.45, 2.75) is 20.0 Å². The highest BCUT2D eigenvalue weighted by molar-refractivity contribution is 5.97. The number of benzene rings is 2. The fourth-order valence-corrected chi connectivity index (χ4v) is 2.30. The normalized spacial score (nSPS) is 11.3. The molecule has 7 heteroatoms. The summed E-state index contributed by atoms with van der Waals surface area (Å²) in [7, 11) is 3.05. The van der Waals surface area contributed by atoms with Gasteiger partial charge >= 0.3 is 5.97 Å². The zero-order valence-electron chi connectivity index (χ0n) is 15.8. The smallest absolute Gasteiger partial charge is 0.339 e. The van der Waals surface area contributed by atoms with Gasteiger partial charge in [0.1, 0.15) is 5.75 Å². The summed E-state index contributed by atoms with van der Waals surface area (Å²) in [5.74, 6) is 0.473. The van der Waals surface area contributed by atoms with Crippen molar-refractivity contribution in [3.05, 3.63) is 48.0 Å². The van der Waals surface area contributed by atoms with Gasteiger partial charge in [-0.1, -0.05) is 6.07 Å². The number of methoxy groups -OCH3 is 2. The van der Waals surface area contributed by atoms with Crippen LogP contribution >= 0.6 is 0 Å². The molecule has 0 saturated heterocycles. The van der Waals surface area contributed by atoms with Gasteiger partial charge in [0.2, 0.25) is 0 Å². The van der Waals surface area contributed by atoms with Gasteiger partial charge in [0.25, 0.3) is 5.91 Å². The Bertz CT molecular complexity index is 805. The molecule has 0 aliphatic heterocycles. The van der Waals surface area contributed by atoms with Crippen LogP contribution in [0.2, 0.25) is 0 Å². The molecule has 0 saturated carbocycles. The Morgan fingerprint density at radius 2 is 1.81 bits per heavy atom. The number of hydrogen-bond donors (Lipinski definition) is 1. The molecule has 0 radical (unpaired) electrons. The van der Waals surface area contributed by atoms with Crippen molar-refractivity contribution in [1.29, 1.82) is 0 Å². The number of rotatable bonds is 8. The average Bonchev–Trinajstić information content (AvgIpc) is 2.68. The molecule has 7 nitrogen and oxygen atoms in total. The zero-order chi connectivity index (χ0) is 19.8.